The molecule has 1 aromatic heterocycles. The Bertz CT molecular complexity index is 477. The second-order valence-corrected chi connectivity index (χ2v) is 5.50. The van der Waals surface area contributed by atoms with Gasteiger partial charge in [-0.05, 0) is 19.8 Å². The standard InChI is InChI=1S/C12H20ClN5O/c1-8-10(13)11(14)18(15-8)9-4-6-17(7-5-9)12(19)16(2)3/h9H,4-7,14H2,1-3H3. The number of likely N-dealkylation sites (tertiary alicyclic amines) is 1. The first-order valence-corrected chi connectivity index (χ1v) is 6.76. The van der Waals surface area contributed by atoms with Crippen LogP contribution < -0.4 is 5.73 Å². The molecular formula is C12H20ClN5O. The molecule has 1 fully saturated rings. The van der Waals surface area contributed by atoms with Crippen molar-refractivity contribution < 1.29 is 4.79 Å². The molecule has 2 rings (SSSR count). The minimum Gasteiger partial charge on any atom is -0.383 e. The molecule has 0 aliphatic carbocycles. The van der Waals surface area contributed by atoms with Crippen LogP contribution in [0.3, 0.4) is 0 Å². The van der Waals surface area contributed by atoms with E-state index in [4.69, 9.17) is 17.3 Å². The number of aromatic nitrogens is 2. The molecule has 1 aromatic rings. The number of anilines is 1. The summed E-state index contributed by atoms with van der Waals surface area (Å²) in [6.07, 6.45) is 1.70. The van der Waals surface area contributed by atoms with Crippen LogP contribution >= 0.6 is 11.6 Å². The summed E-state index contributed by atoms with van der Waals surface area (Å²) in [5.74, 6) is 0.525. The van der Waals surface area contributed by atoms with E-state index in [-0.39, 0.29) is 12.1 Å². The third-order valence-electron chi connectivity index (χ3n) is 3.51. The number of piperidine rings is 1. The lowest BCUT2D eigenvalue weighted by atomic mass is 10.1. The van der Waals surface area contributed by atoms with E-state index < -0.39 is 0 Å². The van der Waals surface area contributed by atoms with Crippen molar-refractivity contribution in [2.75, 3.05) is 32.9 Å². The lowest BCUT2D eigenvalue weighted by Crippen LogP contribution is -2.44. The molecule has 1 aliphatic rings. The SMILES string of the molecule is Cc1nn(C2CCN(C(=O)N(C)C)CC2)c(N)c1Cl. The maximum absolute atomic E-state index is 11.8. The minimum absolute atomic E-state index is 0.0566. The quantitative estimate of drug-likeness (QED) is 0.855. The van der Waals surface area contributed by atoms with Crippen molar-refractivity contribution in [1.82, 2.24) is 19.6 Å². The Morgan fingerprint density at radius 2 is 2.00 bits per heavy atom. The first kappa shape index (κ1) is 14.0. The molecule has 6 nitrogen and oxygen atoms in total. The summed E-state index contributed by atoms with van der Waals surface area (Å²) in [7, 11) is 3.53. The van der Waals surface area contributed by atoms with Gasteiger partial charge in [0, 0.05) is 27.2 Å². The lowest BCUT2D eigenvalue weighted by Gasteiger charge is -2.33. The zero-order valence-electron chi connectivity index (χ0n) is 11.6. The molecule has 1 saturated heterocycles. The lowest BCUT2D eigenvalue weighted by molar-refractivity contribution is 0.146. The number of nitrogen functional groups attached to an aromatic ring is 1. The maximum Gasteiger partial charge on any atom is 0.319 e. The van der Waals surface area contributed by atoms with E-state index in [0.29, 0.717) is 10.8 Å². The van der Waals surface area contributed by atoms with Gasteiger partial charge in [0.25, 0.3) is 0 Å². The molecule has 19 heavy (non-hydrogen) atoms. The first-order chi connectivity index (χ1) is 8.91. The molecule has 1 aliphatic heterocycles. The Labute approximate surface area is 118 Å². The van der Waals surface area contributed by atoms with Crippen molar-refractivity contribution in [3.63, 3.8) is 0 Å². The molecular weight excluding hydrogens is 266 g/mol. The number of halogens is 1. The van der Waals surface area contributed by atoms with Gasteiger partial charge in [0.05, 0.1) is 11.7 Å². The summed E-state index contributed by atoms with van der Waals surface area (Å²) in [5.41, 5.74) is 6.71. The van der Waals surface area contributed by atoms with Gasteiger partial charge in [0.15, 0.2) is 0 Å². The van der Waals surface area contributed by atoms with E-state index in [9.17, 15) is 4.79 Å². The van der Waals surface area contributed by atoms with Crippen LogP contribution in [-0.2, 0) is 0 Å². The predicted octanol–water partition coefficient (Wildman–Crippen LogP) is 1.75. The van der Waals surface area contributed by atoms with E-state index in [0.717, 1.165) is 31.6 Å². The van der Waals surface area contributed by atoms with Gasteiger partial charge in [-0.2, -0.15) is 5.10 Å². The summed E-state index contributed by atoms with van der Waals surface area (Å²) in [6.45, 7) is 3.29. The van der Waals surface area contributed by atoms with E-state index in [1.807, 2.05) is 11.8 Å². The fraction of sp³-hybridized carbons (Fsp3) is 0.667. The highest BCUT2D eigenvalue weighted by Gasteiger charge is 2.27. The molecule has 0 unspecified atom stereocenters. The fourth-order valence-electron chi connectivity index (χ4n) is 2.41. The number of nitrogens with zero attached hydrogens (tertiary/aromatic N) is 4. The van der Waals surface area contributed by atoms with Crippen molar-refractivity contribution in [2.45, 2.75) is 25.8 Å². The van der Waals surface area contributed by atoms with E-state index in [1.54, 1.807) is 23.7 Å². The van der Waals surface area contributed by atoms with Crippen LogP contribution in [-0.4, -0.2) is 52.8 Å². The van der Waals surface area contributed by atoms with Crippen molar-refractivity contribution in [3.8, 4) is 0 Å². The van der Waals surface area contributed by atoms with Gasteiger partial charge in [-0.25, -0.2) is 9.48 Å². The number of nitrogens with two attached hydrogens (primary N) is 1. The van der Waals surface area contributed by atoms with Crippen LogP contribution in [0.1, 0.15) is 24.6 Å². The van der Waals surface area contributed by atoms with Gasteiger partial charge in [0.1, 0.15) is 10.8 Å². The fourth-order valence-corrected chi connectivity index (χ4v) is 2.53. The third kappa shape index (κ3) is 2.63. The van der Waals surface area contributed by atoms with Crippen molar-refractivity contribution in [3.05, 3.63) is 10.7 Å². The van der Waals surface area contributed by atoms with Gasteiger partial charge >= 0.3 is 6.03 Å². The van der Waals surface area contributed by atoms with Crippen LogP contribution in [0.4, 0.5) is 10.6 Å². The Morgan fingerprint density at radius 3 is 2.42 bits per heavy atom. The monoisotopic (exact) mass is 285 g/mol. The summed E-state index contributed by atoms with van der Waals surface area (Å²) in [5, 5.41) is 4.92. The second-order valence-electron chi connectivity index (χ2n) is 5.12. The summed E-state index contributed by atoms with van der Waals surface area (Å²) < 4.78 is 1.80. The molecule has 0 saturated carbocycles. The predicted molar refractivity (Wildman–Crippen MR) is 75.3 cm³/mol. The van der Waals surface area contributed by atoms with Gasteiger partial charge in [0.2, 0.25) is 0 Å². The van der Waals surface area contributed by atoms with Crippen LogP contribution in [0, 0.1) is 6.92 Å². The van der Waals surface area contributed by atoms with Gasteiger partial charge < -0.3 is 15.5 Å². The second kappa shape index (κ2) is 5.28. The van der Waals surface area contributed by atoms with Gasteiger partial charge in [-0.1, -0.05) is 11.6 Å². The Kier molecular flexibility index (Phi) is 3.89. The molecule has 0 spiro atoms. The Balaban J connectivity index is 2.04. The zero-order valence-corrected chi connectivity index (χ0v) is 12.3. The average Bonchev–Trinajstić information content (AvgIpc) is 2.66. The summed E-state index contributed by atoms with van der Waals surface area (Å²) >= 11 is 6.06. The van der Waals surface area contributed by atoms with Crippen LogP contribution in [0.5, 0.6) is 0 Å². The molecule has 2 N–H and O–H groups in total. The number of amides is 2. The van der Waals surface area contributed by atoms with E-state index in [1.165, 1.54) is 0 Å². The smallest absolute Gasteiger partial charge is 0.319 e. The highest BCUT2D eigenvalue weighted by molar-refractivity contribution is 6.33. The van der Waals surface area contributed by atoms with Crippen molar-refractivity contribution in [1.29, 1.82) is 0 Å². The number of rotatable bonds is 1. The third-order valence-corrected chi connectivity index (χ3v) is 3.98. The number of aryl methyl sites for hydroxylation is 1. The average molecular weight is 286 g/mol. The van der Waals surface area contributed by atoms with Crippen LogP contribution in [0.25, 0.3) is 0 Å². The molecule has 106 valence electrons. The Morgan fingerprint density at radius 1 is 1.42 bits per heavy atom. The number of hydrogen-bond donors (Lipinski definition) is 1. The topological polar surface area (TPSA) is 67.4 Å². The molecule has 2 amide bonds. The Hall–Kier alpha value is -1.43. The molecule has 0 atom stereocenters. The molecule has 0 bridgehead atoms. The van der Waals surface area contributed by atoms with Crippen LogP contribution in [0.2, 0.25) is 5.02 Å². The van der Waals surface area contributed by atoms with Gasteiger partial charge in [-0.3, -0.25) is 0 Å². The maximum atomic E-state index is 11.8. The molecule has 2 heterocycles. The highest BCUT2D eigenvalue weighted by atomic mass is 35.5. The van der Waals surface area contributed by atoms with E-state index >= 15 is 0 Å². The number of urea groups is 1. The highest BCUT2D eigenvalue weighted by Crippen LogP contribution is 2.30. The van der Waals surface area contributed by atoms with Crippen LogP contribution in [0.15, 0.2) is 0 Å². The first-order valence-electron chi connectivity index (χ1n) is 6.38. The molecule has 7 heteroatoms. The summed E-state index contributed by atoms with van der Waals surface area (Å²) in [6, 6.07) is 0.276. The van der Waals surface area contributed by atoms with Crippen molar-refractivity contribution >= 4 is 23.4 Å². The number of carbonyl (C=O) groups is 1. The summed E-state index contributed by atoms with van der Waals surface area (Å²) in [4.78, 5) is 15.3. The van der Waals surface area contributed by atoms with E-state index in [2.05, 4.69) is 5.10 Å². The number of hydrogen-bond acceptors (Lipinski definition) is 3. The normalized spacial score (nSPS) is 16.7. The van der Waals surface area contributed by atoms with Gasteiger partial charge in [-0.15, -0.1) is 0 Å². The zero-order chi connectivity index (χ0) is 14.2. The molecule has 0 aromatic carbocycles. The number of carbonyl (C=O) groups excluding carboxylic acids is 1. The minimum atomic E-state index is 0.0566. The van der Waals surface area contributed by atoms with Crippen molar-refractivity contribution in [2.24, 2.45) is 0 Å². The molecule has 0 radical (unpaired) electrons. The largest absolute Gasteiger partial charge is 0.383 e.